The van der Waals surface area contributed by atoms with Crippen LogP contribution in [0.4, 0.5) is 5.69 Å². The largest absolute Gasteiger partial charge is 0.484 e. The number of benzene rings is 4. The summed E-state index contributed by atoms with van der Waals surface area (Å²) in [6.45, 7) is 1.85. The van der Waals surface area contributed by atoms with Crippen molar-refractivity contribution in [3.05, 3.63) is 126 Å². The summed E-state index contributed by atoms with van der Waals surface area (Å²) in [6, 6.07) is 31.5. The van der Waals surface area contributed by atoms with Crippen LogP contribution in [0.5, 0.6) is 5.75 Å². The molecule has 0 atom stereocenters. The lowest BCUT2D eigenvalue weighted by molar-refractivity contribution is -0.123. The van der Waals surface area contributed by atoms with Crippen molar-refractivity contribution in [3.63, 3.8) is 0 Å². The molecular weight excluding hydrogens is 552 g/mol. The van der Waals surface area contributed by atoms with E-state index < -0.39 is 22.5 Å². The molecule has 0 aliphatic rings. The van der Waals surface area contributed by atoms with Crippen molar-refractivity contribution in [3.8, 4) is 5.75 Å². The van der Waals surface area contributed by atoms with Gasteiger partial charge in [-0.05, 0) is 73.0 Å². The molecule has 0 fully saturated rings. The first-order chi connectivity index (χ1) is 20.3. The van der Waals surface area contributed by atoms with Crippen LogP contribution >= 0.6 is 0 Å². The average molecular weight is 585 g/mol. The number of amides is 2. The first-order valence-corrected chi connectivity index (χ1v) is 14.7. The van der Waals surface area contributed by atoms with Gasteiger partial charge >= 0.3 is 0 Å². The molecule has 4 rings (SSSR count). The average Bonchev–Trinajstić information content (AvgIpc) is 3.01. The fraction of sp³-hybridized carbons (Fsp3) is 0.156. The fourth-order valence-electron chi connectivity index (χ4n) is 3.93. The Labute approximate surface area is 245 Å². The van der Waals surface area contributed by atoms with Crippen molar-refractivity contribution >= 4 is 33.7 Å². The first kappa shape index (κ1) is 30.0. The predicted molar refractivity (Wildman–Crippen MR) is 163 cm³/mol. The van der Waals surface area contributed by atoms with Crippen molar-refractivity contribution in [2.75, 3.05) is 24.0 Å². The molecular formula is C32H32N4O5S. The van der Waals surface area contributed by atoms with Crippen molar-refractivity contribution in [1.29, 1.82) is 0 Å². The van der Waals surface area contributed by atoms with Gasteiger partial charge in [0, 0.05) is 6.54 Å². The third-order valence-corrected chi connectivity index (χ3v) is 7.96. The first-order valence-electron chi connectivity index (χ1n) is 13.3. The van der Waals surface area contributed by atoms with Crippen LogP contribution in [-0.4, -0.2) is 46.1 Å². The molecule has 4 aromatic carbocycles. The maximum atomic E-state index is 13.4. The number of carbonyl (C=O) groups is 2. The maximum Gasteiger partial charge on any atom is 0.264 e. The van der Waals surface area contributed by atoms with Gasteiger partial charge in [-0.25, -0.2) is 13.8 Å². The lowest BCUT2D eigenvalue weighted by Gasteiger charge is -2.23. The van der Waals surface area contributed by atoms with E-state index in [0.717, 1.165) is 21.9 Å². The van der Waals surface area contributed by atoms with Gasteiger partial charge in [-0.1, -0.05) is 66.2 Å². The SMILES string of the molecule is Cc1ccc(N(CC(=O)N/N=C\c2ccc(OCC(=O)NCCc3ccccc3)cc2)S(=O)(=O)c2ccccc2)cc1. The zero-order chi connectivity index (χ0) is 29.8. The summed E-state index contributed by atoms with van der Waals surface area (Å²) in [5.74, 6) is -0.313. The third-order valence-electron chi connectivity index (χ3n) is 6.17. The van der Waals surface area contributed by atoms with Crippen LogP contribution in [0.3, 0.4) is 0 Å². The normalized spacial score (nSPS) is 11.2. The van der Waals surface area contributed by atoms with E-state index >= 15 is 0 Å². The van der Waals surface area contributed by atoms with Crippen molar-refractivity contribution in [1.82, 2.24) is 10.7 Å². The molecule has 9 nitrogen and oxygen atoms in total. The van der Waals surface area contributed by atoms with Gasteiger partial charge in [0.15, 0.2) is 6.61 Å². The molecule has 4 aromatic rings. The Morgan fingerprint density at radius 1 is 0.833 bits per heavy atom. The number of ether oxygens (including phenoxy) is 1. The second-order valence-electron chi connectivity index (χ2n) is 9.40. The van der Waals surface area contributed by atoms with E-state index in [1.807, 2.05) is 37.3 Å². The zero-order valence-electron chi connectivity index (χ0n) is 23.1. The molecule has 10 heteroatoms. The Morgan fingerprint density at radius 2 is 1.48 bits per heavy atom. The molecule has 0 heterocycles. The van der Waals surface area contributed by atoms with Gasteiger partial charge in [-0.2, -0.15) is 5.10 Å². The summed E-state index contributed by atoms with van der Waals surface area (Å²) in [6.07, 6.45) is 2.17. The summed E-state index contributed by atoms with van der Waals surface area (Å²) < 4.78 is 33.3. The molecule has 0 bridgehead atoms. The van der Waals surface area contributed by atoms with Gasteiger partial charge in [-0.15, -0.1) is 0 Å². The zero-order valence-corrected chi connectivity index (χ0v) is 24.0. The number of hydrogen-bond donors (Lipinski definition) is 2. The van der Waals surface area contributed by atoms with Gasteiger partial charge in [-0.3, -0.25) is 13.9 Å². The van der Waals surface area contributed by atoms with Crippen LogP contribution in [0.25, 0.3) is 0 Å². The summed E-state index contributed by atoms with van der Waals surface area (Å²) in [5, 5.41) is 6.80. The molecule has 42 heavy (non-hydrogen) atoms. The van der Waals surface area contributed by atoms with Crippen LogP contribution in [0.1, 0.15) is 16.7 Å². The highest BCUT2D eigenvalue weighted by molar-refractivity contribution is 7.92. The molecule has 2 amide bonds. The Kier molecular flexibility index (Phi) is 10.4. The Bertz CT molecular complexity index is 1590. The van der Waals surface area contributed by atoms with E-state index in [4.69, 9.17) is 4.74 Å². The topological polar surface area (TPSA) is 117 Å². The Morgan fingerprint density at radius 3 is 2.14 bits per heavy atom. The second kappa shape index (κ2) is 14.6. The van der Waals surface area contributed by atoms with Crippen molar-refractivity contribution in [2.24, 2.45) is 5.10 Å². The number of sulfonamides is 1. The van der Waals surface area contributed by atoms with E-state index in [1.165, 1.54) is 18.3 Å². The minimum Gasteiger partial charge on any atom is -0.484 e. The van der Waals surface area contributed by atoms with Crippen LogP contribution < -0.4 is 19.8 Å². The standard InChI is InChI=1S/C32H32N4O5S/c1-25-12-16-28(17-13-25)36(42(39,40)30-10-6-3-7-11-30)23-31(37)35-34-22-27-14-18-29(19-15-27)41-24-32(38)33-21-20-26-8-4-2-5-9-26/h2-19,22H,20-21,23-24H2,1H3,(H,33,38)(H,35,37)/b34-22-. The van der Waals surface area contributed by atoms with E-state index in [-0.39, 0.29) is 17.4 Å². The molecule has 0 aliphatic carbocycles. The summed E-state index contributed by atoms with van der Waals surface area (Å²) in [4.78, 5) is 24.9. The molecule has 0 spiro atoms. The molecule has 2 N–H and O–H groups in total. The van der Waals surface area contributed by atoms with E-state index in [9.17, 15) is 18.0 Å². The lowest BCUT2D eigenvalue weighted by Crippen LogP contribution is -2.39. The summed E-state index contributed by atoms with van der Waals surface area (Å²) in [7, 11) is -4.00. The molecule has 0 saturated carbocycles. The van der Waals surface area contributed by atoms with Crippen LogP contribution in [0.15, 0.2) is 119 Å². The van der Waals surface area contributed by atoms with Gasteiger partial charge in [0.25, 0.3) is 21.8 Å². The van der Waals surface area contributed by atoms with Gasteiger partial charge in [0.1, 0.15) is 12.3 Å². The van der Waals surface area contributed by atoms with Crippen LogP contribution in [-0.2, 0) is 26.0 Å². The minimum atomic E-state index is -4.00. The quantitative estimate of drug-likeness (QED) is 0.181. The van der Waals surface area contributed by atoms with Crippen molar-refractivity contribution < 1.29 is 22.7 Å². The highest BCUT2D eigenvalue weighted by Crippen LogP contribution is 2.23. The Balaban J connectivity index is 1.28. The number of nitrogens with one attached hydrogen (secondary N) is 2. The number of hydrazone groups is 1. The summed E-state index contributed by atoms with van der Waals surface area (Å²) >= 11 is 0. The minimum absolute atomic E-state index is 0.0776. The summed E-state index contributed by atoms with van der Waals surface area (Å²) in [5.41, 5.74) is 5.53. The van der Waals surface area contributed by atoms with Gasteiger partial charge < -0.3 is 10.1 Å². The molecule has 0 aromatic heterocycles. The smallest absolute Gasteiger partial charge is 0.264 e. The van der Waals surface area contributed by atoms with Crippen LogP contribution in [0, 0.1) is 6.92 Å². The highest BCUT2D eigenvalue weighted by atomic mass is 32.2. The second-order valence-corrected chi connectivity index (χ2v) is 11.3. The van der Waals surface area contributed by atoms with E-state index in [1.54, 1.807) is 66.7 Å². The predicted octanol–water partition coefficient (Wildman–Crippen LogP) is 4.08. The molecule has 0 saturated heterocycles. The lowest BCUT2D eigenvalue weighted by atomic mass is 10.1. The number of rotatable bonds is 13. The molecule has 0 unspecified atom stereocenters. The third kappa shape index (κ3) is 8.77. The number of anilines is 1. The van der Waals surface area contributed by atoms with Gasteiger partial charge in [0.2, 0.25) is 0 Å². The number of carbonyl (C=O) groups excluding carboxylic acids is 2. The maximum absolute atomic E-state index is 13.4. The monoisotopic (exact) mass is 584 g/mol. The van der Waals surface area contributed by atoms with Crippen molar-refractivity contribution in [2.45, 2.75) is 18.2 Å². The molecule has 0 radical (unpaired) electrons. The Hall–Kier alpha value is -4.96. The molecule has 216 valence electrons. The van der Waals surface area contributed by atoms with Crippen LogP contribution in [0.2, 0.25) is 0 Å². The van der Waals surface area contributed by atoms with E-state index in [2.05, 4.69) is 15.8 Å². The van der Waals surface area contributed by atoms with Gasteiger partial charge in [0.05, 0.1) is 16.8 Å². The number of aryl methyl sites for hydroxylation is 1. The highest BCUT2D eigenvalue weighted by Gasteiger charge is 2.27. The number of nitrogens with zero attached hydrogens (tertiary/aromatic N) is 2. The molecule has 0 aliphatic heterocycles. The number of hydrogen-bond acceptors (Lipinski definition) is 6. The fourth-order valence-corrected chi connectivity index (χ4v) is 5.37. The van der Waals surface area contributed by atoms with E-state index in [0.29, 0.717) is 23.5 Å².